The molecular formula is Nb2Ti2. The Morgan fingerprint density at radius 1 is 0.500 bits per heavy atom. The zero-order chi connectivity index (χ0) is 0. The first kappa shape index (κ1) is 28.5. The number of rotatable bonds is 0. The normalized spacial score (nSPS) is 0. The van der Waals surface area contributed by atoms with E-state index in [0.717, 1.165) is 0 Å². The monoisotopic (exact) mass is 282 g/mol. The molecule has 0 spiro atoms. The van der Waals surface area contributed by atoms with Gasteiger partial charge in [-0.1, -0.05) is 0 Å². The Hall–Kier alpha value is 2.91. The minimum Gasteiger partial charge on any atom is 0 e. The quantitative estimate of drug-likeness (QED) is 0.548. The van der Waals surface area contributed by atoms with Gasteiger partial charge in [0.05, 0.1) is 0 Å². The van der Waals surface area contributed by atoms with E-state index in [9.17, 15) is 0 Å². The fraction of sp³-hybridized carbons (Fsp3) is 0. The maximum Gasteiger partial charge on any atom is 0 e. The van der Waals surface area contributed by atoms with Crippen LogP contribution in [0, 0.1) is 0 Å². The average molecular weight is 282 g/mol. The molecule has 2 radical (unpaired) electrons. The summed E-state index contributed by atoms with van der Waals surface area (Å²) in [6.45, 7) is 0. The Bertz CT molecular complexity index is 4.00. The van der Waals surface area contributed by atoms with Crippen molar-refractivity contribution in [3.8, 4) is 0 Å². The minimum atomic E-state index is 0. The van der Waals surface area contributed by atoms with Gasteiger partial charge in [-0.3, -0.25) is 0 Å². The first-order chi connectivity index (χ1) is 0. The molecule has 0 atom stereocenters. The molecule has 0 unspecified atom stereocenters. The summed E-state index contributed by atoms with van der Waals surface area (Å²) in [5.41, 5.74) is 0. The van der Waals surface area contributed by atoms with Crippen LogP contribution in [0.1, 0.15) is 0 Å². The first-order valence-corrected chi connectivity index (χ1v) is 0. The number of hydrogen-bond acceptors (Lipinski definition) is 0. The molecule has 4 heavy (non-hydrogen) atoms. The molecule has 0 aromatic heterocycles. The molecule has 4 heteroatoms. The van der Waals surface area contributed by atoms with Gasteiger partial charge in [-0.15, -0.1) is 0 Å². The van der Waals surface area contributed by atoms with E-state index in [4.69, 9.17) is 0 Å². The van der Waals surface area contributed by atoms with Gasteiger partial charge in [-0.25, -0.2) is 0 Å². The molecule has 0 fully saturated rings. The van der Waals surface area contributed by atoms with Crippen LogP contribution in [0.2, 0.25) is 0 Å². The minimum absolute atomic E-state index is 0. The van der Waals surface area contributed by atoms with Crippen LogP contribution in [-0.2, 0) is 88.2 Å². The summed E-state index contributed by atoms with van der Waals surface area (Å²) in [5, 5.41) is 0. The van der Waals surface area contributed by atoms with Crippen LogP contribution >= 0.6 is 0 Å². The fourth-order valence-electron chi connectivity index (χ4n) is 0. The van der Waals surface area contributed by atoms with Crippen LogP contribution in [0.3, 0.4) is 0 Å². The van der Waals surface area contributed by atoms with E-state index in [0.29, 0.717) is 0 Å². The summed E-state index contributed by atoms with van der Waals surface area (Å²) < 4.78 is 0. The van der Waals surface area contributed by atoms with E-state index in [-0.39, 0.29) is 88.2 Å². The molecule has 0 rings (SSSR count). The van der Waals surface area contributed by atoms with Crippen LogP contribution in [0.4, 0.5) is 0 Å². The van der Waals surface area contributed by atoms with Crippen molar-refractivity contribution < 1.29 is 88.2 Å². The van der Waals surface area contributed by atoms with Crippen molar-refractivity contribution in [2.45, 2.75) is 0 Å². The van der Waals surface area contributed by atoms with Gasteiger partial charge in [0.25, 0.3) is 0 Å². The second kappa shape index (κ2) is 16.8. The van der Waals surface area contributed by atoms with Crippen LogP contribution < -0.4 is 0 Å². The third-order valence-electron chi connectivity index (χ3n) is 0. The van der Waals surface area contributed by atoms with Gasteiger partial charge in [0.1, 0.15) is 0 Å². The molecule has 0 bridgehead atoms. The van der Waals surface area contributed by atoms with Crippen molar-refractivity contribution >= 4 is 0 Å². The zero-order valence-electron chi connectivity index (χ0n) is 1.89. The Labute approximate surface area is 86.6 Å². The molecule has 0 saturated heterocycles. The molecular weight excluding hydrogens is 282 g/mol. The molecule has 0 aromatic rings. The predicted octanol–water partition coefficient (Wildman–Crippen LogP) is -0.0100. The molecule has 18 valence electrons. The second-order valence-corrected chi connectivity index (χ2v) is 0. The van der Waals surface area contributed by atoms with Crippen LogP contribution in [0.5, 0.6) is 0 Å². The Morgan fingerprint density at radius 3 is 0.500 bits per heavy atom. The molecule has 0 nitrogen and oxygen atoms in total. The van der Waals surface area contributed by atoms with Crippen LogP contribution in [0.15, 0.2) is 0 Å². The Morgan fingerprint density at radius 2 is 0.500 bits per heavy atom. The smallest absolute Gasteiger partial charge is 0 e. The van der Waals surface area contributed by atoms with E-state index in [1.54, 1.807) is 0 Å². The molecule has 0 saturated carbocycles. The molecule has 0 aliphatic carbocycles. The van der Waals surface area contributed by atoms with Crippen molar-refractivity contribution in [2.75, 3.05) is 0 Å². The SMILES string of the molecule is [Nb].[Nb].[Ti].[Ti]. The van der Waals surface area contributed by atoms with Crippen LogP contribution in [-0.4, -0.2) is 0 Å². The van der Waals surface area contributed by atoms with E-state index >= 15 is 0 Å². The van der Waals surface area contributed by atoms with E-state index in [1.165, 1.54) is 0 Å². The molecule has 0 aliphatic heterocycles. The maximum atomic E-state index is 0. The van der Waals surface area contributed by atoms with Gasteiger partial charge < -0.3 is 0 Å². The molecule has 0 amide bonds. The third kappa shape index (κ3) is 8.86. The Kier molecular flexibility index (Phi) is 120. The van der Waals surface area contributed by atoms with Gasteiger partial charge in [0.15, 0.2) is 0 Å². The summed E-state index contributed by atoms with van der Waals surface area (Å²) in [6, 6.07) is 0. The third-order valence-corrected chi connectivity index (χ3v) is 0. The molecule has 0 N–H and O–H groups in total. The van der Waals surface area contributed by atoms with Crippen molar-refractivity contribution in [1.82, 2.24) is 0 Å². The predicted molar refractivity (Wildman–Crippen MR) is 0 cm³/mol. The first-order valence-electron chi connectivity index (χ1n) is 0. The summed E-state index contributed by atoms with van der Waals surface area (Å²) in [6.07, 6.45) is 0. The summed E-state index contributed by atoms with van der Waals surface area (Å²) >= 11 is 0. The summed E-state index contributed by atoms with van der Waals surface area (Å²) in [4.78, 5) is 0. The average Bonchev–Trinajstić information content (AvgIpc) is 0. The van der Waals surface area contributed by atoms with Gasteiger partial charge >= 0.3 is 0 Å². The Balaban J connectivity index is 0. The van der Waals surface area contributed by atoms with Crippen molar-refractivity contribution in [2.24, 2.45) is 0 Å². The topological polar surface area (TPSA) is 0 Å². The summed E-state index contributed by atoms with van der Waals surface area (Å²) in [5.74, 6) is 0. The largest absolute Gasteiger partial charge is 0 e. The van der Waals surface area contributed by atoms with Crippen molar-refractivity contribution in [3.63, 3.8) is 0 Å². The molecule has 0 heterocycles. The van der Waals surface area contributed by atoms with Gasteiger partial charge in [0, 0.05) is 88.2 Å². The zero-order valence-corrected chi connectivity index (χ0v) is 9.41. The maximum absolute atomic E-state index is 0. The van der Waals surface area contributed by atoms with Gasteiger partial charge in [0.2, 0.25) is 0 Å². The van der Waals surface area contributed by atoms with Gasteiger partial charge in [-0.2, -0.15) is 0 Å². The summed E-state index contributed by atoms with van der Waals surface area (Å²) in [7, 11) is 0. The van der Waals surface area contributed by atoms with E-state index < -0.39 is 0 Å². The van der Waals surface area contributed by atoms with Crippen molar-refractivity contribution in [1.29, 1.82) is 0 Å². The van der Waals surface area contributed by atoms with E-state index in [2.05, 4.69) is 0 Å². The standard InChI is InChI=1S/2Nb.2Ti. The van der Waals surface area contributed by atoms with Gasteiger partial charge in [-0.05, 0) is 0 Å². The molecule has 0 aliphatic rings. The van der Waals surface area contributed by atoms with Crippen LogP contribution in [0.25, 0.3) is 0 Å². The van der Waals surface area contributed by atoms with E-state index in [1.807, 2.05) is 0 Å². The van der Waals surface area contributed by atoms with Crippen molar-refractivity contribution in [3.05, 3.63) is 0 Å². The fourth-order valence-corrected chi connectivity index (χ4v) is 0. The molecule has 0 aromatic carbocycles. The number of hydrogen-bond donors (Lipinski definition) is 0. The second-order valence-electron chi connectivity index (χ2n) is 0.